The third-order valence-electron chi connectivity index (χ3n) is 10.3. The van der Waals surface area contributed by atoms with E-state index in [0.717, 1.165) is 44.9 Å². The first-order valence-corrected chi connectivity index (χ1v) is 22.1. The van der Waals surface area contributed by atoms with Gasteiger partial charge in [0.2, 0.25) is 0 Å². The van der Waals surface area contributed by atoms with Gasteiger partial charge in [-0.05, 0) is 12.8 Å². The fourth-order valence-electron chi connectivity index (χ4n) is 6.80. The smallest absolute Gasteiger partial charge is 0.362 e. The van der Waals surface area contributed by atoms with E-state index in [4.69, 9.17) is 14.2 Å². The molecule has 0 spiro atoms. The van der Waals surface area contributed by atoms with Crippen molar-refractivity contribution in [3.05, 3.63) is 0 Å². The van der Waals surface area contributed by atoms with Crippen LogP contribution >= 0.6 is 0 Å². The molecule has 1 N–H and O–H groups in total. The van der Waals surface area contributed by atoms with Gasteiger partial charge in [0.05, 0.1) is 34.4 Å². The van der Waals surface area contributed by atoms with Crippen molar-refractivity contribution in [1.29, 1.82) is 0 Å². The van der Waals surface area contributed by atoms with E-state index >= 15 is 0 Å². The van der Waals surface area contributed by atoms with Crippen LogP contribution < -0.4 is 0 Å². The largest absolute Gasteiger partial charge is 0.477 e. The van der Waals surface area contributed by atoms with E-state index in [-0.39, 0.29) is 36.2 Å². The maximum atomic E-state index is 12.6. The van der Waals surface area contributed by atoms with Gasteiger partial charge in [0.15, 0.2) is 12.1 Å². The Morgan fingerprint density at radius 1 is 0.500 bits per heavy atom. The molecule has 8 heteroatoms. The van der Waals surface area contributed by atoms with Crippen molar-refractivity contribution in [3.8, 4) is 0 Å². The molecule has 0 radical (unpaired) electrons. The van der Waals surface area contributed by atoms with Crippen LogP contribution in [0.15, 0.2) is 0 Å². The normalized spacial score (nSPS) is 12.9. The van der Waals surface area contributed by atoms with E-state index < -0.39 is 18.1 Å². The molecule has 2 unspecified atom stereocenters. The highest BCUT2D eigenvalue weighted by molar-refractivity contribution is 5.72. The topological polar surface area (TPSA) is 99.1 Å². The molecule has 52 heavy (non-hydrogen) atoms. The molecule has 0 fully saturated rings. The van der Waals surface area contributed by atoms with Crippen LogP contribution in [0.25, 0.3) is 0 Å². The van der Waals surface area contributed by atoms with Gasteiger partial charge in [-0.3, -0.25) is 9.59 Å². The van der Waals surface area contributed by atoms with Crippen molar-refractivity contribution in [2.45, 2.75) is 225 Å². The summed E-state index contributed by atoms with van der Waals surface area (Å²) in [5, 5.41) is 9.56. The average Bonchev–Trinajstić information content (AvgIpc) is 3.09. The predicted octanol–water partition coefficient (Wildman–Crippen LogP) is 11.8. The van der Waals surface area contributed by atoms with Gasteiger partial charge in [-0.2, -0.15) is 0 Å². The Morgan fingerprint density at radius 2 is 0.846 bits per heavy atom. The first-order chi connectivity index (χ1) is 25.1. The number of aliphatic carboxylic acids is 1. The molecule has 0 aromatic heterocycles. The van der Waals surface area contributed by atoms with Crippen molar-refractivity contribution in [3.63, 3.8) is 0 Å². The van der Waals surface area contributed by atoms with E-state index in [1.807, 2.05) is 21.1 Å². The molecule has 0 aliphatic carbocycles. The number of carboxylic acid groups (broad SMARTS) is 1. The SMILES string of the molecule is CCCCCCCCCCCCCCCCCCCCCCCCCCC(=O)OC(COCCC(C(=O)O)[N+](C)(C)C)COC(=O)CCCCCC. The molecular weight excluding hydrogens is 654 g/mol. The number of carbonyl (C=O) groups excluding carboxylic acids is 2. The fraction of sp³-hybridized carbons (Fsp3) is 0.932. The first kappa shape index (κ1) is 50.3. The van der Waals surface area contributed by atoms with Crippen molar-refractivity contribution in [2.24, 2.45) is 0 Å². The van der Waals surface area contributed by atoms with Crippen LogP contribution in [0.1, 0.15) is 213 Å². The van der Waals surface area contributed by atoms with Gasteiger partial charge < -0.3 is 23.8 Å². The van der Waals surface area contributed by atoms with Gasteiger partial charge in [0.25, 0.3) is 0 Å². The van der Waals surface area contributed by atoms with Crippen molar-refractivity contribution in [2.75, 3.05) is 41.0 Å². The van der Waals surface area contributed by atoms with Crippen LogP contribution in [0, 0.1) is 0 Å². The number of likely N-dealkylation sites (N-methyl/N-ethyl adjacent to an activating group) is 1. The summed E-state index contributed by atoms with van der Waals surface area (Å²) >= 11 is 0. The molecular formula is C44H86NO7+. The molecule has 0 saturated heterocycles. The molecule has 8 nitrogen and oxygen atoms in total. The summed E-state index contributed by atoms with van der Waals surface area (Å²) in [6.07, 6.45) is 36.4. The summed E-state index contributed by atoms with van der Waals surface area (Å²) in [5.74, 6) is -1.47. The lowest BCUT2D eigenvalue weighted by atomic mass is 10.0. The van der Waals surface area contributed by atoms with Crippen LogP contribution in [-0.2, 0) is 28.6 Å². The van der Waals surface area contributed by atoms with Gasteiger partial charge >= 0.3 is 17.9 Å². The number of ether oxygens (including phenoxy) is 3. The lowest BCUT2D eigenvalue weighted by Crippen LogP contribution is -2.50. The van der Waals surface area contributed by atoms with Crippen LogP contribution in [0.2, 0.25) is 0 Å². The van der Waals surface area contributed by atoms with Crippen LogP contribution in [0.4, 0.5) is 0 Å². The molecule has 0 aliphatic heterocycles. The van der Waals surface area contributed by atoms with E-state index in [1.165, 1.54) is 135 Å². The number of esters is 2. The second kappa shape index (κ2) is 36.3. The number of rotatable bonds is 40. The third kappa shape index (κ3) is 34.1. The molecule has 0 bridgehead atoms. The highest BCUT2D eigenvalue weighted by atomic mass is 16.6. The molecule has 0 rings (SSSR count). The van der Waals surface area contributed by atoms with Crippen LogP contribution in [0.3, 0.4) is 0 Å². The quantitative estimate of drug-likeness (QED) is 0.0379. The van der Waals surface area contributed by atoms with E-state index in [0.29, 0.717) is 19.3 Å². The Bertz CT molecular complexity index is 828. The van der Waals surface area contributed by atoms with Gasteiger partial charge in [0, 0.05) is 19.3 Å². The van der Waals surface area contributed by atoms with Gasteiger partial charge in [0.1, 0.15) is 6.61 Å². The molecule has 0 aliphatic rings. The second-order valence-corrected chi connectivity index (χ2v) is 16.3. The minimum Gasteiger partial charge on any atom is -0.477 e. The van der Waals surface area contributed by atoms with E-state index in [1.54, 1.807) is 0 Å². The molecule has 0 aromatic carbocycles. The van der Waals surface area contributed by atoms with Crippen LogP contribution in [0.5, 0.6) is 0 Å². The number of hydrogen-bond donors (Lipinski definition) is 1. The minimum absolute atomic E-state index is 0.0461. The molecule has 0 heterocycles. The first-order valence-electron chi connectivity index (χ1n) is 22.1. The molecule has 0 saturated carbocycles. The van der Waals surface area contributed by atoms with E-state index in [9.17, 15) is 19.5 Å². The van der Waals surface area contributed by atoms with Gasteiger partial charge in [-0.1, -0.05) is 181 Å². The number of nitrogens with zero attached hydrogens (tertiary/aromatic N) is 1. The fourth-order valence-corrected chi connectivity index (χ4v) is 6.80. The molecule has 0 aromatic rings. The van der Waals surface area contributed by atoms with E-state index in [2.05, 4.69) is 13.8 Å². The summed E-state index contributed by atoms with van der Waals surface area (Å²) in [4.78, 5) is 36.5. The summed E-state index contributed by atoms with van der Waals surface area (Å²) < 4.78 is 17.1. The highest BCUT2D eigenvalue weighted by Gasteiger charge is 2.31. The summed E-state index contributed by atoms with van der Waals surface area (Å²) in [6, 6.07) is -0.606. The van der Waals surface area contributed by atoms with Gasteiger partial charge in [-0.25, -0.2) is 4.79 Å². The Kier molecular flexibility index (Phi) is 35.1. The Morgan fingerprint density at radius 3 is 1.21 bits per heavy atom. The highest BCUT2D eigenvalue weighted by Crippen LogP contribution is 2.16. The number of hydrogen-bond acceptors (Lipinski definition) is 6. The van der Waals surface area contributed by atoms with Crippen molar-refractivity contribution < 1.29 is 38.2 Å². The molecule has 2 atom stereocenters. The van der Waals surface area contributed by atoms with Crippen molar-refractivity contribution in [1.82, 2.24) is 0 Å². The minimum atomic E-state index is -0.873. The zero-order valence-electron chi connectivity index (χ0n) is 35.0. The maximum Gasteiger partial charge on any atom is 0.362 e. The molecule has 308 valence electrons. The molecule has 0 amide bonds. The third-order valence-corrected chi connectivity index (χ3v) is 10.3. The Hall–Kier alpha value is -1.67. The van der Waals surface area contributed by atoms with Gasteiger partial charge in [-0.15, -0.1) is 0 Å². The average molecular weight is 741 g/mol. The summed E-state index contributed by atoms with van der Waals surface area (Å²) in [5.41, 5.74) is 0. The predicted molar refractivity (Wildman–Crippen MR) is 216 cm³/mol. The zero-order chi connectivity index (χ0) is 38.5. The van der Waals surface area contributed by atoms with Crippen LogP contribution in [-0.4, -0.2) is 80.6 Å². The monoisotopic (exact) mass is 741 g/mol. The summed E-state index contributed by atoms with van der Waals surface area (Å²) in [6.45, 7) is 4.65. The maximum absolute atomic E-state index is 12.6. The number of quaternary nitrogens is 1. The number of carbonyl (C=O) groups is 3. The summed E-state index contributed by atoms with van der Waals surface area (Å²) in [7, 11) is 5.52. The Labute approximate surface area is 321 Å². The Balaban J connectivity index is 3.94. The number of carboxylic acids is 1. The lowest BCUT2D eigenvalue weighted by molar-refractivity contribution is -0.887. The standard InChI is InChI=1S/C44H85NO7/c1-6-8-10-12-13-14-15-16-17-18-19-20-21-22-23-24-25-26-27-28-29-30-31-33-35-43(47)52-40(39-51-42(46)34-32-11-9-7-2)38-50-37-36-41(44(48)49)45(3,4)5/h40-41H,6-39H2,1-5H3/p+1. The van der Waals surface area contributed by atoms with Crippen molar-refractivity contribution >= 4 is 17.9 Å². The zero-order valence-corrected chi connectivity index (χ0v) is 35.0. The second-order valence-electron chi connectivity index (χ2n) is 16.3. The number of unbranched alkanes of at least 4 members (excludes halogenated alkanes) is 26. The lowest BCUT2D eigenvalue weighted by Gasteiger charge is -2.31.